The van der Waals surface area contributed by atoms with Crippen LogP contribution in [0.2, 0.25) is 25.7 Å². The fraction of sp³-hybridized carbons (Fsp3) is 0.360. The fourth-order valence-electron chi connectivity index (χ4n) is 2.93. The van der Waals surface area contributed by atoms with Crippen LogP contribution in [0.15, 0.2) is 55.3 Å². The third kappa shape index (κ3) is 9.21. The molecule has 2 rings (SSSR count). The number of allylic oxidation sites excluding steroid dienone is 1. The van der Waals surface area contributed by atoms with Crippen LogP contribution in [0.4, 0.5) is 0 Å². The average molecular weight is 470 g/mol. The number of aliphatic hydroxyl groups excluding tert-OH is 1. The summed E-state index contributed by atoms with van der Waals surface area (Å²) >= 11 is 0. The molecule has 178 valence electrons. The zero-order valence-electron chi connectivity index (χ0n) is 19.7. The smallest absolute Gasteiger partial charge is 0.219 e. The van der Waals surface area contributed by atoms with Crippen LogP contribution in [0, 0.1) is 11.3 Å². The van der Waals surface area contributed by atoms with E-state index >= 15 is 0 Å². The molecular formula is C25H35N3O4Si. The van der Waals surface area contributed by atoms with E-state index in [1.807, 2.05) is 6.07 Å². The number of aromatic hydroxyl groups is 1. The molecule has 1 atom stereocenters. The molecule has 7 nitrogen and oxygen atoms in total. The Hall–Kier alpha value is -2.94. The highest BCUT2D eigenvalue weighted by Crippen LogP contribution is 2.29. The van der Waals surface area contributed by atoms with Crippen LogP contribution >= 0.6 is 0 Å². The number of aliphatic hydroxyl groups is 1. The number of ether oxygens (including phenoxy) is 2. The maximum absolute atomic E-state index is 10.3. The van der Waals surface area contributed by atoms with E-state index in [0.29, 0.717) is 37.0 Å². The van der Waals surface area contributed by atoms with Crippen LogP contribution in [0.5, 0.6) is 17.4 Å². The molecule has 0 saturated carbocycles. The van der Waals surface area contributed by atoms with Gasteiger partial charge in [-0.05, 0) is 36.2 Å². The van der Waals surface area contributed by atoms with Gasteiger partial charge in [0.2, 0.25) is 5.88 Å². The summed E-state index contributed by atoms with van der Waals surface area (Å²) in [5.74, 6) is 0.823. The van der Waals surface area contributed by atoms with Gasteiger partial charge in [0.15, 0.2) is 0 Å². The summed E-state index contributed by atoms with van der Waals surface area (Å²) in [4.78, 5) is 4.34. The van der Waals surface area contributed by atoms with E-state index in [1.165, 1.54) is 12.3 Å². The van der Waals surface area contributed by atoms with E-state index in [1.54, 1.807) is 36.5 Å². The Balaban J connectivity index is 1.97. The molecule has 0 aliphatic carbocycles. The van der Waals surface area contributed by atoms with E-state index in [0.717, 1.165) is 17.3 Å². The van der Waals surface area contributed by atoms with Crippen molar-refractivity contribution in [2.75, 3.05) is 19.9 Å². The van der Waals surface area contributed by atoms with Gasteiger partial charge in [0, 0.05) is 63.0 Å². The third-order valence-corrected chi connectivity index (χ3v) is 6.69. The number of nitrogens with zero attached hydrogens (tertiary/aromatic N) is 1. The van der Waals surface area contributed by atoms with Crippen LogP contribution < -0.4 is 10.1 Å². The number of nitrogens with one attached hydrogen (secondary N) is 2. The van der Waals surface area contributed by atoms with Crippen molar-refractivity contribution < 1.29 is 19.7 Å². The van der Waals surface area contributed by atoms with Crippen molar-refractivity contribution in [2.45, 2.75) is 32.1 Å². The Labute approximate surface area is 197 Å². The molecule has 1 heterocycles. The largest absolute Gasteiger partial charge is 0.508 e. The summed E-state index contributed by atoms with van der Waals surface area (Å²) in [6.07, 6.45) is 6.69. The Kier molecular flexibility index (Phi) is 10.3. The molecule has 0 bridgehead atoms. The summed E-state index contributed by atoms with van der Waals surface area (Å²) in [6.45, 7) is 11.7. The number of rotatable bonds is 14. The minimum absolute atomic E-state index is 0.0225. The first-order chi connectivity index (χ1) is 15.8. The Morgan fingerprint density at radius 1 is 1.27 bits per heavy atom. The van der Waals surface area contributed by atoms with Crippen LogP contribution in [-0.4, -0.2) is 49.4 Å². The van der Waals surface area contributed by atoms with Crippen LogP contribution in [0.25, 0.3) is 5.70 Å². The molecule has 1 aromatic heterocycles. The van der Waals surface area contributed by atoms with Crippen LogP contribution in [-0.2, 0) is 11.2 Å². The second-order valence-corrected chi connectivity index (χ2v) is 14.6. The molecule has 4 N–H and O–H groups in total. The van der Waals surface area contributed by atoms with Gasteiger partial charge in [0.25, 0.3) is 0 Å². The highest BCUT2D eigenvalue weighted by atomic mass is 28.3. The van der Waals surface area contributed by atoms with Crippen molar-refractivity contribution in [3.63, 3.8) is 0 Å². The SMILES string of the molecule is C=CC(CO)Cc1ccc(Oc2ccc(/C(=C/C=N)NCOCC[Si](C)(C)C)cn2)cc1O. The second-order valence-electron chi connectivity index (χ2n) is 8.95. The number of hydrogen-bond donors (Lipinski definition) is 4. The molecule has 33 heavy (non-hydrogen) atoms. The highest BCUT2D eigenvalue weighted by Gasteiger charge is 2.12. The van der Waals surface area contributed by atoms with Gasteiger partial charge in [-0.25, -0.2) is 4.98 Å². The van der Waals surface area contributed by atoms with Gasteiger partial charge in [-0.3, -0.25) is 0 Å². The maximum atomic E-state index is 10.3. The van der Waals surface area contributed by atoms with Gasteiger partial charge in [-0.1, -0.05) is 31.8 Å². The van der Waals surface area contributed by atoms with Crippen molar-refractivity contribution >= 4 is 20.0 Å². The van der Waals surface area contributed by atoms with Gasteiger partial charge in [-0.15, -0.1) is 6.58 Å². The number of aromatic nitrogens is 1. The Morgan fingerprint density at radius 2 is 2.06 bits per heavy atom. The van der Waals surface area contributed by atoms with Crippen molar-refractivity contribution in [3.8, 4) is 17.4 Å². The lowest BCUT2D eigenvalue weighted by atomic mass is 9.99. The lowest BCUT2D eigenvalue weighted by Crippen LogP contribution is -2.24. The van der Waals surface area contributed by atoms with E-state index in [4.69, 9.17) is 14.9 Å². The number of phenolic OH excluding ortho intramolecular Hbond substituents is 1. The Bertz CT molecular complexity index is 940. The first-order valence-corrected chi connectivity index (χ1v) is 14.7. The number of phenols is 1. The standard InChI is InChI=1S/C25H35N3O4Si/c1-5-19(17-29)14-20-6-8-22(15-24(20)30)32-25-9-7-21(16-27-25)23(10-11-26)28-18-31-12-13-33(2,3)4/h5-11,15-16,19,26,28-30H,1,12-14,17-18H2,2-4H3/b23-10-,26-11?. The van der Waals surface area contributed by atoms with E-state index in [-0.39, 0.29) is 18.3 Å². The zero-order valence-corrected chi connectivity index (χ0v) is 20.7. The summed E-state index contributed by atoms with van der Waals surface area (Å²) in [5.41, 5.74) is 2.25. The first-order valence-electron chi connectivity index (χ1n) is 11.0. The van der Waals surface area contributed by atoms with E-state index in [9.17, 15) is 10.2 Å². The molecule has 0 saturated heterocycles. The Morgan fingerprint density at radius 3 is 2.64 bits per heavy atom. The number of hydrogen-bond acceptors (Lipinski definition) is 7. The first kappa shape index (κ1) is 26.3. The quantitative estimate of drug-likeness (QED) is 0.104. The maximum Gasteiger partial charge on any atom is 0.219 e. The minimum Gasteiger partial charge on any atom is -0.508 e. The van der Waals surface area contributed by atoms with Crippen molar-refractivity contribution in [2.24, 2.45) is 5.92 Å². The molecule has 1 aromatic carbocycles. The monoisotopic (exact) mass is 469 g/mol. The fourth-order valence-corrected chi connectivity index (χ4v) is 3.68. The molecule has 1 unspecified atom stereocenters. The summed E-state index contributed by atoms with van der Waals surface area (Å²) in [5, 5.41) is 30.2. The predicted molar refractivity (Wildman–Crippen MR) is 136 cm³/mol. The van der Waals surface area contributed by atoms with E-state index in [2.05, 4.69) is 36.5 Å². The normalized spacial score (nSPS) is 12.8. The molecule has 0 aliphatic heterocycles. The number of pyridine rings is 1. The molecular weight excluding hydrogens is 434 g/mol. The lowest BCUT2D eigenvalue weighted by molar-refractivity contribution is 0.139. The summed E-state index contributed by atoms with van der Waals surface area (Å²) in [6, 6.07) is 9.72. The molecule has 0 fully saturated rings. The lowest BCUT2D eigenvalue weighted by Gasteiger charge is -2.16. The topological polar surface area (TPSA) is 108 Å². The third-order valence-electron chi connectivity index (χ3n) is 4.99. The van der Waals surface area contributed by atoms with Crippen molar-refractivity contribution in [1.82, 2.24) is 10.3 Å². The predicted octanol–water partition coefficient (Wildman–Crippen LogP) is 4.81. The van der Waals surface area contributed by atoms with Gasteiger partial charge in [0.1, 0.15) is 18.2 Å². The number of benzene rings is 1. The minimum atomic E-state index is -1.13. The molecule has 8 heteroatoms. The average Bonchev–Trinajstić information content (AvgIpc) is 2.77. The second kappa shape index (κ2) is 12.9. The van der Waals surface area contributed by atoms with Crippen molar-refractivity contribution in [3.05, 3.63) is 66.4 Å². The molecule has 0 spiro atoms. The molecule has 0 aliphatic rings. The van der Waals surface area contributed by atoms with Crippen LogP contribution in [0.1, 0.15) is 11.1 Å². The molecule has 0 amide bonds. The zero-order chi connectivity index (χ0) is 24.3. The van der Waals surface area contributed by atoms with Crippen molar-refractivity contribution in [1.29, 1.82) is 5.41 Å². The van der Waals surface area contributed by atoms with Gasteiger partial charge < -0.3 is 30.4 Å². The van der Waals surface area contributed by atoms with Gasteiger partial charge in [-0.2, -0.15) is 0 Å². The van der Waals surface area contributed by atoms with E-state index < -0.39 is 8.07 Å². The molecule has 2 aromatic rings. The van der Waals surface area contributed by atoms with Crippen LogP contribution in [0.3, 0.4) is 0 Å². The summed E-state index contributed by atoms with van der Waals surface area (Å²) < 4.78 is 11.5. The van der Waals surface area contributed by atoms with Gasteiger partial charge in [0.05, 0.1) is 0 Å². The highest BCUT2D eigenvalue weighted by molar-refractivity contribution is 6.76. The van der Waals surface area contributed by atoms with Gasteiger partial charge >= 0.3 is 0 Å². The molecule has 0 radical (unpaired) electrons. The summed E-state index contributed by atoms with van der Waals surface area (Å²) in [7, 11) is -1.13.